The SMILES string of the molecule is CC(=O)OC(C)(C)/C=C/C(=O)[C@@](C)(O)[C@H]1[C@@H](O)C[C@@]2(C)[C@@H]3CC=C4[C@@H](C[C@H](O)C(=O)C4(C)C)[C@]3(C)C(=O)C[C@]12C. The van der Waals surface area contributed by atoms with Crippen molar-refractivity contribution in [3.8, 4) is 0 Å². The molecule has 0 aromatic carbocycles. The standard InChI is InChI=1S/C32H46O8/c1-17(33)40-27(2,3)13-12-23(36)32(9,39)25-21(35)15-29(6)22-11-10-18-19(14-20(34)26(38)28(18,4)5)31(22,8)24(37)16-30(25,29)7/h10,12-13,19-22,25,34-35,39H,11,14-16H2,1-9H3/b13-12+/t19-,20+,21+,22+,25+,29+,30-,31+,32-/m1/s1. The summed E-state index contributed by atoms with van der Waals surface area (Å²) in [6.07, 6.45) is 3.55. The van der Waals surface area contributed by atoms with Gasteiger partial charge in [0, 0.05) is 30.1 Å². The topological polar surface area (TPSA) is 138 Å². The second kappa shape index (κ2) is 9.17. The third-order valence-electron chi connectivity index (χ3n) is 11.5. The van der Waals surface area contributed by atoms with Crippen molar-refractivity contribution in [2.75, 3.05) is 0 Å². The molecule has 0 saturated heterocycles. The number of ether oxygens (including phenoxy) is 1. The van der Waals surface area contributed by atoms with Crippen LogP contribution < -0.4 is 0 Å². The first kappa shape index (κ1) is 30.8. The minimum Gasteiger partial charge on any atom is -0.456 e. The van der Waals surface area contributed by atoms with Gasteiger partial charge in [-0.3, -0.25) is 19.2 Å². The second-order valence-corrected chi connectivity index (χ2v) is 14.8. The van der Waals surface area contributed by atoms with Gasteiger partial charge in [0.15, 0.2) is 11.6 Å². The van der Waals surface area contributed by atoms with Gasteiger partial charge >= 0.3 is 5.97 Å². The molecule has 0 amide bonds. The normalized spacial score (nSPS) is 42.4. The fourth-order valence-electron chi connectivity index (χ4n) is 9.40. The van der Waals surface area contributed by atoms with E-state index in [1.54, 1.807) is 13.8 Å². The number of allylic oxidation sites excluding steroid dienone is 2. The van der Waals surface area contributed by atoms with Crippen molar-refractivity contribution in [1.29, 1.82) is 0 Å². The molecule has 9 atom stereocenters. The number of carbonyl (C=O) groups is 4. The second-order valence-electron chi connectivity index (χ2n) is 14.8. The lowest BCUT2D eigenvalue weighted by Gasteiger charge is -2.64. The molecular weight excluding hydrogens is 512 g/mol. The summed E-state index contributed by atoms with van der Waals surface area (Å²) in [5.74, 6) is -2.85. The van der Waals surface area contributed by atoms with Gasteiger partial charge in [0.2, 0.25) is 0 Å². The van der Waals surface area contributed by atoms with Gasteiger partial charge < -0.3 is 20.1 Å². The molecular formula is C32H46O8. The van der Waals surface area contributed by atoms with Crippen molar-refractivity contribution in [2.24, 2.45) is 39.4 Å². The summed E-state index contributed by atoms with van der Waals surface area (Å²) in [5, 5.41) is 34.0. The first-order chi connectivity index (χ1) is 18.1. The lowest BCUT2D eigenvalue weighted by atomic mass is 9.38. The highest BCUT2D eigenvalue weighted by atomic mass is 16.6. The molecule has 0 aromatic rings. The molecule has 3 saturated carbocycles. The smallest absolute Gasteiger partial charge is 0.303 e. The zero-order valence-corrected chi connectivity index (χ0v) is 25.3. The molecule has 4 aliphatic carbocycles. The van der Waals surface area contributed by atoms with Gasteiger partial charge in [-0.25, -0.2) is 0 Å². The molecule has 0 bridgehead atoms. The van der Waals surface area contributed by atoms with E-state index in [2.05, 4.69) is 13.0 Å². The molecule has 3 N–H and O–H groups in total. The van der Waals surface area contributed by atoms with Crippen molar-refractivity contribution in [1.82, 2.24) is 0 Å². The zero-order chi connectivity index (χ0) is 30.4. The summed E-state index contributed by atoms with van der Waals surface area (Å²) in [5.41, 5.74) is -5.43. The van der Waals surface area contributed by atoms with Crippen LogP contribution in [0.3, 0.4) is 0 Å². The van der Waals surface area contributed by atoms with Crippen LogP contribution in [0.4, 0.5) is 0 Å². The molecule has 40 heavy (non-hydrogen) atoms. The Morgan fingerprint density at radius 3 is 2.23 bits per heavy atom. The first-order valence-corrected chi connectivity index (χ1v) is 14.4. The molecule has 8 nitrogen and oxygen atoms in total. The summed E-state index contributed by atoms with van der Waals surface area (Å²) in [6.45, 7) is 15.4. The molecule has 8 heteroatoms. The number of aliphatic hydroxyl groups excluding tert-OH is 2. The molecule has 0 heterocycles. The van der Waals surface area contributed by atoms with Crippen LogP contribution in [0.1, 0.15) is 88.0 Å². The number of Topliss-reactive ketones (excluding diaryl/α,β-unsaturated/α-hetero) is 2. The maximum Gasteiger partial charge on any atom is 0.303 e. The van der Waals surface area contributed by atoms with Gasteiger partial charge in [-0.1, -0.05) is 32.4 Å². The number of hydrogen-bond acceptors (Lipinski definition) is 8. The summed E-state index contributed by atoms with van der Waals surface area (Å²) in [7, 11) is 0. The Morgan fingerprint density at radius 1 is 1.05 bits per heavy atom. The molecule has 0 radical (unpaired) electrons. The lowest BCUT2D eigenvalue weighted by molar-refractivity contribution is -0.183. The minimum absolute atomic E-state index is 0.0284. The van der Waals surface area contributed by atoms with E-state index in [0.29, 0.717) is 12.8 Å². The number of fused-ring (bicyclic) bond motifs is 5. The molecule has 0 aliphatic heterocycles. The third kappa shape index (κ3) is 4.11. The highest BCUT2D eigenvalue weighted by Crippen LogP contribution is 2.74. The Kier molecular flexibility index (Phi) is 7.06. The Morgan fingerprint density at radius 2 is 1.65 bits per heavy atom. The summed E-state index contributed by atoms with van der Waals surface area (Å²) < 4.78 is 5.23. The van der Waals surface area contributed by atoms with Crippen molar-refractivity contribution < 1.29 is 39.2 Å². The van der Waals surface area contributed by atoms with Crippen LogP contribution in [0.5, 0.6) is 0 Å². The number of esters is 1. The van der Waals surface area contributed by atoms with E-state index in [1.165, 1.54) is 26.0 Å². The maximum absolute atomic E-state index is 14.3. The van der Waals surface area contributed by atoms with Gasteiger partial charge in [0.1, 0.15) is 23.1 Å². The summed E-state index contributed by atoms with van der Waals surface area (Å²) in [4.78, 5) is 52.1. The Hall–Kier alpha value is -2.16. The van der Waals surface area contributed by atoms with Crippen LogP contribution in [0.15, 0.2) is 23.8 Å². The van der Waals surface area contributed by atoms with Crippen LogP contribution in [-0.4, -0.2) is 62.0 Å². The molecule has 222 valence electrons. The number of ketones is 3. The first-order valence-electron chi connectivity index (χ1n) is 14.4. The van der Waals surface area contributed by atoms with E-state index in [9.17, 15) is 34.5 Å². The average molecular weight is 559 g/mol. The lowest BCUT2D eigenvalue weighted by Crippen LogP contribution is -2.65. The summed E-state index contributed by atoms with van der Waals surface area (Å²) in [6, 6.07) is 0. The van der Waals surface area contributed by atoms with E-state index < -0.39 is 62.7 Å². The fraction of sp³-hybridized carbons (Fsp3) is 0.750. The highest BCUT2D eigenvalue weighted by Gasteiger charge is 2.74. The minimum atomic E-state index is -1.99. The molecule has 4 rings (SSSR count). The van der Waals surface area contributed by atoms with Crippen molar-refractivity contribution >= 4 is 23.3 Å². The van der Waals surface area contributed by atoms with E-state index >= 15 is 0 Å². The van der Waals surface area contributed by atoms with Crippen molar-refractivity contribution in [3.05, 3.63) is 23.8 Å². The van der Waals surface area contributed by atoms with Crippen LogP contribution in [0, 0.1) is 39.4 Å². The quantitative estimate of drug-likeness (QED) is 0.265. The number of aliphatic hydroxyl groups is 3. The monoisotopic (exact) mass is 558 g/mol. The maximum atomic E-state index is 14.3. The number of hydrogen-bond donors (Lipinski definition) is 3. The molecule has 0 unspecified atom stereocenters. The van der Waals surface area contributed by atoms with Gasteiger partial charge in [0.05, 0.1) is 6.10 Å². The van der Waals surface area contributed by atoms with Gasteiger partial charge in [0.25, 0.3) is 0 Å². The molecule has 0 spiro atoms. The van der Waals surface area contributed by atoms with Gasteiger partial charge in [-0.15, -0.1) is 0 Å². The van der Waals surface area contributed by atoms with Crippen LogP contribution in [0.2, 0.25) is 0 Å². The van der Waals surface area contributed by atoms with E-state index in [-0.39, 0.29) is 36.2 Å². The van der Waals surface area contributed by atoms with Crippen molar-refractivity contribution in [3.63, 3.8) is 0 Å². The van der Waals surface area contributed by atoms with E-state index in [0.717, 1.165) is 5.57 Å². The molecule has 3 fully saturated rings. The third-order valence-corrected chi connectivity index (χ3v) is 11.5. The Balaban J connectivity index is 1.75. The predicted molar refractivity (Wildman–Crippen MR) is 148 cm³/mol. The average Bonchev–Trinajstić information content (AvgIpc) is 3.01. The number of carbonyl (C=O) groups excluding carboxylic acids is 4. The van der Waals surface area contributed by atoms with Crippen LogP contribution >= 0.6 is 0 Å². The predicted octanol–water partition coefficient (Wildman–Crippen LogP) is 3.50. The van der Waals surface area contributed by atoms with Crippen LogP contribution in [-0.2, 0) is 23.9 Å². The van der Waals surface area contributed by atoms with Gasteiger partial charge in [-0.05, 0) is 88.7 Å². The van der Waals surface area contributed by atoms with E-state index in [4.69, 9.17) is 4.74 Å². The zero-order valence-electron chi connectivity index (χ0n) is 25.3. The molecule has 0 aromatic heterocycles. The Labute approximate surface area is 237 Å². The fourth-order valence-corrected chi connectivity index (χ4v) is 9.40. The van der Waals surface area contributed by atoms with Crippen LogP contribution in [0.25, 0.3) is 0 Å². The van der Waals surface area contributed by atoms with Gasteiger partial charge in [-0.2, -0.15) is 0 Å². The number of rotatable bonds is 5. The highest BCUT2D eigenvalue weighted by molar-refractivity contribution is 5.98. The summed E-state index contributed by atoms with van der Waals surface area (Å²) >= 11 is 0. The molecule has 4 aliphatic rings. The Bertz CT molecular complexity index is 1210. The van der Waals surface area contributed by atoms with Crippen molar-refractivity contribution in [2.45, 2.75) is 111 Å². The largest absolute Gasteiger partial charge is 0.456 e. The van der Waals surface area contributed by atoms with E-state index in [1.807, 2.05) is 27.7 Å².